The molecule has 0 aliphatic carbocycles. The van der Waals surface area contributed by atoms with Gasteiger partial charge < -0.3 is 21.1 Å². The van der Waals surface area contributed by atoms with E-state index in [9.17, 15) is 4.79 Å². The highest BCUT2D eigenvalue weighted by atomic mass is 32.1. The normalized spacial score (nSPS) is 10.9. The Labute approximate surface area is 131 Å². The number of carbonyl (C=O) groups is 1. The Balaban J connectivity index is 2.31. The van der Waals surface area contributed by atoms with E-state index in [0.29, 0.717) is 23.2 Å². The minimum Gasteiger partial charge on any atom is -0.397 e. The fourth-order valence-electron chi connectivity index (χ4n) is 1.75. The van der Waals surface area contributed by atoms with Crippen LogP contribution in [0.5, 0.6) is 0 Å². The molecule has 1 rings (SSSR count). The summed E-state index contributed by atoms with van der Waals surface area (Å²) >= 11 is 1.41. The molecule has 0 saturated carbocycles. The Bertz CT molecular complexity index is 433. The van der Waals surface area contributed by atoms with Crippen molar-refractivity contribution >= 4 is 27.9 Å². The lowest BCUT2D eigenvalue weighted by Gasteiger charge is -2.07. The van der Waals surface area contributed by atoms with Crippen molar-refractivity contribution < 1.29 is 9.53 Å². The maximum atomic E-state index is 11.9. The summed E-state index contributed by atoms with van der Waals surface area (Å²) < 4.78 is 5.49. The van der Waals surface area contributed by atoms with Gasteiger partial charge in [0.2, 0.25) is 0 Å². The van der Waals surface area contributed by atoms with E-state index in [1.807, 2.05) is 26.8 Å². The number of nitrogens with two attached hydrogens (primary N) is 1. The van der Waals surface area contributed by atoms with E-state index in [1.54, 1.807) is 0 Å². The smallest absolute Gasteiger partial charge is 0.263 e. The summed E-state index contributed by atoms with van der Waals surface area (Å²) in [6.07, 6.45) is 3.26. The molecule has 0 fully saturated rings. The monoisotopic (exact) mass is 313 g/mol. The lowest BCUT2D eigenvalue weighted by molar-refractivity contribution is 0.0765. The first-order chi connectivity index (χ1) is 10.0. The minimum absolute atomic E-state index is 0.0854. The van der Waals surface area contributed by atoms with Gasteiger partial charge >= 0.3 is 0 Å². The van der Waals surface area contributed by atoms with Gasteiger partial charge in [-0.2, -0.15) is 0 Å². The maximum Gasteiger partial charge on any atom is 0.263 e. The van der Waals surface area contributed by atoms with E-state index in [4.69, 9.17) is 10.5 Å². The Hall–Kier alpha value is -1.27. The van der Waals surface area contributed by atoms with Gasteiger partial charge in [-0.1, -0.05) is 6.92 Å². The van der Waals surface area contributed by atoms with Crippen LogP contribution < -0.4 is 16.4 Å². The van der Waals surface area contributed by atoms with Crippen molar-refractivity contribution in [3.8, 4) is 0 Å². The van der Waals surface area contributed by atoms with Crippen molar-refractivity contribution in [2.45, 2.75) is 46.1 Å². The molecule has 0 unspecified atom stereocenters. The van der Waals surface area contributed by atoms with Crippen LogP contribution >= 0.6 is 11.3 Å². The summed E-state index contributed by atoms with van der Waals surface area (Å²) in [6.45, 7) is 8.42. The van der Waals surface area contributed by atoms with Crippen molar-refractivity contribution in [1.82, 2.24) is 5.32 Å². The van der Waals surface area contributed by atoms with Crippen molar-refractivity contribution in [3.05, 3.63) is 10.9 Å². The molecule has 0 spiro atoms. The van der Waals surface area contributed by atoms with Crippen LogP contribution in [-0.2, 0) is 4.74 Å². The predicted octanol–water partition coefficient (Wildman–Crippen LogP) is 3.09. The molecular formula is C15H27N3O2S. The number of nitrogen functional groups attached to an aromatic ring is 1. The van der Waals surface area contributed by atoms with Crippen LogP contribution in [0.25, 0.3) is 0 Å². The largest absolute Gasteiger partial charge is 0.397 e. The van der Waals surface area contributed by atoms with E-state index in [0.717, 1.165) is 37.4 Å². The average molecular weight is 313 g/mol. The number of thiophene rings is 1. The minimum atomic E-state index is -0.0854. The van der Waals surface area contributed by atoms with Crippen molar-refractivity contribution in [2.24, 2.45) is 0 Å². The van der Waals surface area contributed by atoms with Gasteiger partial charge in [-0.05, 0) is 39.2 Å². The second-order valence-electron chi connectivity index (χ2n) is 5.20. The topological polar surface area (TPSA) is 76.4 Å². The standard InChI is InChI=1S/C15H27N3O2S/c1-4-7-18-15(19)14-12(16)10-13(21-14)17-8-5-6-9-20-11(2)3/h10-11,17H,4-9,16H2,1-3H3,(H,18,19). The Morgan fingerprint density at radius 2 is 2.14 bits per heavy atom. The summed E-state index contributed by atoms with van der Waals surface area (Å²) in [5.74, 6) is -0.0854. The van der Waals surface area contributed by atoms with Gasteiger partial charge in [-0.15, -0.1) is 11.3 Å². The van der Waals surface area contributed by atoms with Crippen LogP contribution in [0.1, 0.15) is 49.7 Å². The van der Waals surface area contributed by atoms with Crippen molar-refractivity contribution in [1.29, 1.82) is 0 Å². The highest BCUT2D eigenvalue weighted by Gasteiger charge is 2.13. The number of amides is 1. The fraction of sp³-hybridized carbons (Fsp3) is 0.667. The molecule has 1 amide bonds. The molecule has 0 aliphatic rings. The van der Waals surface area contributed by atoms with Crippen molar-refractivity contribution in [2.75, 3.05) is 30.7 Å². The highest BCUT2D eigenvalue weighted by molar-refractivity contribution is 7.18. The zero-order valence-electron chi connectivity index (χ0n) is 13.2. The molecule has 0 radical (unpaired) electrons. The number of carbonyl (C=O) groups excluding carboxylic acids is 1. The van der Waals surface area contributed by atoms with E-state index >= 15 is 0 Å². The molecule has 1 heterocycles. The number of hydrogen-bond donors (Lipinski definition) is 3. The fourth-order valence-corrected chi connectivity index (χ4v) is 2.67. The molecule has 6 heteroatoms. The van der Waals surface area contributed by atoms with Crippen LogP contribution in [-0.4, -0.2) is 31.7 Å². The zero-order valence-corrected chi connectivity index (χ0v) is 14.0. The van der Waals surface area contributed by atoms with Crippen LogP contribution in [0.3, 0.4) is 0 Å². The first-order valence-corrected chi connectivity index (χ1v) is 8.39. The van der Waals surface area contributed by atoms with Crippen LogP contribution in [0, 0.1) is 0 Å². The summed E-state index contributed by atoms with van der Waals surface area (Å²) in [4.78, 5) is 12.5. The van der Waals surface area contributed by atoms with Crippen LogP contribution in [0.4, 0.5) is 10.7 Å². The van der Waals surface area contributed by atoms with Gasteiger partial charge in [0.1, 0.15) is 4.88 Å². The summed E-state index contributed by atoms with van der Waals surface area (Å²) in [6, 6.07) is 1.83. The van der Waals surface area contributed by atoms with Gasteiger partial charge in [0, 0.05) is 19.7 Å². The van der Waals surface area contributed by atoms with E-state index in [1.165, 1.54) is 11.3 Å². The quantitative estimate of drug-likeness (QED) is 0.580. The van der Waals surface area contributed by atoms with E-state index in [2.05, 4.69) is 10.6 Å². The lowest BCUT2D eigenvalue weighted by Crippen LogP contribution is -2.23. The average Bonchev–Trinajstić information content (AvgIpc) is 2.81. The highest BCUT2D eigenvalue weighted by Crippen LogP contribution is 2.29. The second kappa shape index (κ2) is 9.63. The third kappa shape index (κ3) is 6.82. The molecule has 0 aromatic carbocycles. The number of rotatable bonds is 10. The van der Waals surface area contributed by atoms with Crippen LogP contribution in [0.15, 0.2) is 6.07 Å². The number of anilines is 2. The van der Waals surface area contributed by atoms with E-state index in [-0.39, 0.29) is 5.91 Å². The predicted molar refractivity (Wildman–Crippen MR) is 90.2 cm³/mol. The molecule has 4 N–H and O–H groups in total. The third-order valence-corrected chi connectivity index (χ3v) is 3.93. The maximum absolute atomic E-state index is 11.9. The molecule has 120 valence electrons. The van der Waals surface area contributed by atoms with Gasteiger partial charge in [0.15, 0.2) is 0 Å². The molecular weight excluding hydrogens is 286 g/mol. The zero-order chi connectivity index (χ0) is 15.7. The Morgan fingerprint density at radius 3 is 2.81 bits per heavy atom. The van der Waals surface area contributed by atoms with Crippen molar-refractivity contribution in [3.63, 3.8) is 0 Å². The van der Waals surface area contributed by atoms with Gasteiger partial charge in [-0.25, -0.2) is 0 Å². The summed E-state index contributed by atoms with van der Waals surface area (Å²) in [5.41, 5.74) is 6.43. The lowest BCUT2D eigenvalue weighted by atomic mass is 10.3. The molecule has 21 heavy (non-hydrogen) atoms. The molecule has 5 nitrogen and oxygen atoms in total. The Kier molecular flexibility index (Phi) is 8.15. The van der Waals surface area contributed by atoms with Gasteiger partial charge in [0.05, 0.1) is 16.8 Å². The second-order valence-corrected chi connectivity index (χ2v) is 6.26. The third-order valence-electron chi connectivity index (χ3n) is 2.82. The summed E-state index contributed by atoms with van der Waals surface area (Å²) in [5, 5.41) is 7.10. The molecule has 0 atom stereocenters. The van der Waals surface area contributed by atoms with Gasteiger partial charge in [-0.3, -0.25) is 4.79 Å². The molecule has 0 aliphatic heterocycles. The Morgan fingerprint density at radius 1 is 1.38 bits per heavy atom. The first kappa shape index (κ1) is 17.8. The van der Waals surface area contributed by atoms with Gasteiger partial charge in [0.25, 0.3) is 5.91 Å². The molecule has 0 bridgehead atoms. The molecule has 1 aromatic heterocycles. The van der Waals surface area contributed by atoms with E-state index < -0.39 is 0 Å². The summed E-state index contributed by atoms with van der Waals surface area (Å²) in [7, 11) is 0. The molecule has 1 aromatic rings. The number of nitrogens with one attached hydrogen (secondary N) is 2. The van der Waals surface area contributed by atoms with Crippen LogP contribution in [0.2, 0.25) is 0 Å². The first-order valence-electron chi connectivity index (χ1n) is 7.57. The molecule has 0 saturated heterocycles. The number of unbranched alkanes of at least 4 members (excludes halogenated alkanes) is 1. The number of ether oxygens (including phenoxy) is 1. The number of hydrogen-bond acceptors (Lipinski definition) is 5. The SMILES string of the molecule is CCCNC(=O)c1sc(NCCCCOC(C)C)cc1N.